The van der Waals surface area contributed by atoms with Crippen LogP contribution in [0.25, 0.3) is 0 Å². The molecule has 2 aromatic rings. The molecule has 112 valence electrons. The molecule has 0 spiro atoms. The predicted molar refractivity (Wildman–Crippen MR) is 78.6 cm³/mol. The molecule has 0 atom stereocenters. The molecule has 0 bridgehead atoms. The third-order valence-corrected chi connectivity index (χ3v) is 4.99. The number of benzene rings is 1. The van der Waals surface area contributed by atoms with E-state index in [0.29, 0.717) is 10.8 Å². The number of aromatic nitrogens is 2. The summed E-state index contributed by atoms with van der Waals surface area (Å²) in [6, 6.07) is 6.73. The second-order valence-corrected chi connectivity index (χ2v) is 7.49. The van der Waals surface area contributed by atoms with E-state index < -0.39 is 15.7 Å². The zero-order valence-corrected chi connectivity index (χ0v) is 13.1. The average Bonchev–Trinajstić information content (AvgIpc) is 2.86. The number of nitrogens with one attached hydrogen (secondary N) is 1. The van der Waals surface area contributed by atoms with Crippen molar-refractivity contribution >= 4 is 43.8 Å². The Labute approximate surface area is 129 Å². The Bertz CT molecular complexity index is 760. The van der Waals surface area contributed by atoms with Gasteiger partial charge in [-0.05, 0) is 12.1 Å². The molecule has 1 aromatic carbocycles. The Hall–Kier alpha value is -1.71. The number of nitrogens with zero attached hydrogens (tertiary/aromatic N) is 2. The summed E-state index contributed by atoms with van der Waals surface area (Å²) in [5.41, 5.74) is 0. The predicted octanol–water partition coefficient (Wildman–Crippen LogP) is 1.61. The second kappa shape index (κ2) is 6.37. The van der Waals surface area contributed by atoms with Crippen LogP contribution in [0.5, 0.6) is 5.75 Å². The van der Waals surface area contributed by atoms with Gasteiger partial charge in [-0.15, -0.1) is 10.2 Å². The average molecular weight is 348 g/mol. The first-order chi connectivity index (χ1) is 9.86. The SMILES string of the molecule is CS(=O)(=O)c1nnc(NC(=O)COc2ccccc2Cl)s1. The van der Waals surface area contributed by atoms with Crippen molar-refractivity contribution in [2.24, 2.45) is 0 Å². The van der Waals surface area contributed by atoms with Gasteiger partial charge in [0.1, 0.15) is 5.75 Å². The Morgan fingerprint density at radius 2 is 2.10 bits per heavy atom. The molecule has 0 saturated carbocycles. The normalized spacial score (nSPS) is 11.1. The molecule has 0 radical (unpaired) electrons. The van der Waals surface area contributed by atoms with E-state index in [1.165, 1.54) is 0 Å². The summed E-state index contributed by atoms with van der Waals surface area (Å²) in [7, 11) is -3.43. The van der Waals surface area contributed by atoms with Crippen molar-refractivity contribution in [1.29, 1.82) is 0 Å². The lowest BCUT2D eigenvalue weighted by molar-refractivity contribution is -0.118. The fraction of sp³-hybridized carbons (Fsp3) is 0.182. The first-order valence-electron chi connectivity index (χ1n) is 5.57. The fourth-order valence-corrected chi connectivity index (χ4v) is 2.99. The van der Waals surface area contributed by atoms with E-state index in [4.69, 9.17) is 16.3 Å². The number of hydrogen-bond donors (Lipinski definition) is 1. The van der Waals surface area contributed by atoms with Gasteiger partial charge in [-0.1, -0.05) is 35.1 Å². The number of ether oxygens (including phenoxy) is 1. The minimum atomic E-state index is -3.43. The van der Waals surface area contributed by atoms with Crippen molar-refractivity contribution in [3.8, 4) is 5.75 Å². The first kappa shape index (κ1) is 15.7. The van der Waals surface area contributed by atoms with Crippen molar-refractivity contribution in [3.05, 3.63) is 29.3 Å². The van der Waals surface area contributed by atoms with Crippen molar-refractivity contribution in [2.45, 2.75) is 4.34 Å². The van der Waals surface area contributed by atoms with E-state index >= 15 is 0 Å². The van der Waals surface area contributed by atoms with E-state index in [1.54, 1.807) is 24.3 Å². The summed E-state index contributed by atoms with van der Waals surface area (Å²) < 4.78 is 27.5. The zero-order chi connectivity index (χ0) is 15.5. The van der Waals surface area contributed by atoms with Crippen LogP contribution in [0, 0.1) is 0 Å². The van der Waals surface area contributed by atoms with Crippen molar-refractivity contribution in [2.75, 3.05) is 18.2 Å². The van der Waals surface area contributed by atoms with Crippen LogP contribution < -0.4 is 10.1 Å². The summed E-state index contributed by atoms with van der Waals surface area (Å²) in [6.07, 6.45) is 1.01. The van der Waals surface area contributed by atoms with Gasteiger partial charge in [-0.25, -0.2) is 8.42 Å². The topological polar surface area (TPSA) is 98.3 Å². The molecular weight excluding hydrogens is 338 g/mol. The number of carbonyl (C=O) groups is 1. The highest BCUT2D eigenvalue weighted by Gasteiger charge is 2.16. The zero-order valence-electron chi connectivity index (χ0n) is 10.7. The molecule has 2 rings (SSSR count). The Kier molecular flexibility index (Phi) is 4.76. The lowest BCUT2D eigenvalue weighted by atomic mass is 10.3. The van der Waals surface area contributed by atoms with Crippen LogP contribution in [0.15, 0.2) is 28.6 Å². The van der Waals surface area contributed by atoms with Gasteiger partial charge < -0.3 is 4.74 Å². The van der Waals surface area contributed by atoms with E-state index in [0.717, 1.165) is 17.6 Å². The summed E-state index contributed by atoms with van der Waals surface area (Å²) in [5, 5.41) is 9.92. The van der Waals surface area contributed by atoms with Crippen LogP contribution in [0.2, 0.25) is 5.02 Å². The number of anilines is 1. The molecule has 10 heteroatoms. The molecule has 1 heterocycles. The van der Waals surface area contributed by atoms with Gasteiger partial charge >= 0.3 is 0 Å². The van der Waals surface area contributed by atoms with Gasteiger partial charge in [0.25, 0.3) is 5.91 Å². The van der Waals surface area contributed by atoms with E-state index in [2.05, 4.69) is 15.5 Å². The number of hydrogen-bond acceptors (Lipinski definition) is 7. The van der Waals surface area contributed by atoms with Crippen molar-refractivity contribution in [1.82, 2.24) is 10.2 Å². The van der Waals surface area contributed by atoms with Gasteiger partial charge in [0.15, 0.2) is 6.61 Å². The molecule has 1 amide bonds. The highest BCUT2D eigenvalue weighted by molar-refractivity contribution is 7.92. The van der Waals surface area contributed by atoms with Crippen LogP contribution >= 0.6 is 22.9 Å². The van der Waals surface area contributed by atoms with Gasteiger partial charge in [-0.2, -0.15) is 0 Å². The Morgan fingerprint density at radius 1 is 1.38 bits per heavy atom. The summed E-state index contributed by atoms with van der Waals surface area (Å²) >= 11 is 6.65. The monoisotopic (exact) mass is 347 g/mol. The van der Waals surface area contributed by atoms with Gasteiger partial charge in [0.05, 0.1) is 5.02 Å². The maximum absolute atomic E-state index is 11.7. The molecule has 0 fully saturated rings. The molecule has 1 N–H and O–H groups in total. The quantitative estimate of drug-likeness (QED) is 0.825. The first-order valence-corrected chi connectivity index (χ1v) is 8.65. The minimum Gasteiger partial charge on any atom is -0.482 e. The van der Waals surface area contributed by atoms with Crippen LogP contribution in [0.4, 0.5) is 5.13 Å². The number of rotatable bonds is 5. The van der Waals surface area contributed by atoms with E-state index in [1.807, 2.05) is 0 Å². The third-order valence-electron chi connectivity index (χ3n) is 2.17. The third kappa shape index (κ3) is 4.38. The number of halogens is 1. The van der Waals surface area contributed by atoms with Gasteiger partial charge in [0, 0.05) is 6.26 Å². The summed E-state index contributed by atoms with van der Waals surface area (Å²) in [5.74, 6) is -0.116. The maximum Gasteiger partial charge on any atom is 0.264 e. The van der Waals surface area contributed by atoms with E-state index in [9.17, 15) is 13.2 Å². The number of amides is 1. The highest BCUT2D eigenvalue weighted by Crippen LogP contribution is 2.23. The molecule has 0 aliphatic rings. The standard InChI is InChI=1S/C11H10ClN3O4S2/c1-21(17,18)11-15-14-10(20-11)13-9(16)6-19-8-5-3-2-4-7(8)12/h2-5H,6H2,1H3,(H,13,14,16). The second-order valence-electron chi connectivity index (χ2n) is 3.91. The van der Waals surface area contributed by atoms with Crippen LogP contribution in [-0.2, 0) is 14.6 Å². The van der Waals surface area contributed by atoms with Crippen LogP contribution in [0.1, 0.15) is 0 Å². The molecule has 7 nitrogen and oxygen atoms in total. The fourth-order valence-electron chi connectivity index (χ4n) is 1.27. The number of carbonyl (C=O) groups excluding carboxylic acids is 1. The van der Waals surface area contributed by atoms with Gasteiger partial charge in [-0.3, -0.25) is 10.1 Å². The molecule has 1 aromatic heterocycles. The van der Waals surface area contributed by atoms with Gasteiger partial charge in [0.2, 0.25) is 19.3 Å². The van der Waals surface area contributed by atoms with Crippen LogP contribution in [-0.4, -0.2) is 37.4 Å². The van der Waals surface area contributed by atoms with E-state index in [-0.39, 0.29) is 16.1 Å². The Balaban J connectivity index is 1.93. The minimum absolute atomic E-state index is 0.0863. The molecule has 0 unspecified atom stereocenters. The largest absolute Gasteiger partial charge is 0.482 e. The highest BCUT2D eigenvalue weighted by atomic mass is 35.5. The summed E-state index contributed by atoms with van der Waals surface area (Å²) in [4.78, 5) is 11.7. The molecule has 0 aliphatic heterocycles. The molecule has 0 aliphatic carbocycles. The van der Waals surface area contributed by atoms with Crippen molar-refractivity contribution in [3.63, 3.8) is 0 Å². The lowest BCUT2D eigenvalue weighted by Gasteiger charge is -2.06. The van der Waals surface area contributed by atoms with Crippen molar-refractivity contribution < 1.29 is 17.9 Å². The Morgan fingerprint density at radius 3 is 2.71 bits per heavy atom. The molecular formula is C11H10ClN3O4S2. The lowest BCUT2D eigenvalue weighted by Crippen LogP contribution is -2.20. The summed E-state index contributed by atoms with van der Waals surface area (Å²) in [6.45, 7) is -0.280. The smallest absolute Gasteiger partial charge is 0.264 e. The number of sulfone groups is 1. The number of para-hydroxylation sites is 1. The van der Waals surface area contributed by atoms with Crippen LogP contribution in [0.3, 0.4) is 0 Å². The maximum atomic E-state index is 11.7. The molecule has 0 saturated heterocycles. The molecule has 21 heavy (non-hydrogen) atoms.